The molecular weight excluding hydrogens is 251 g/mol. The van der Waals surface area contributed by atoms with E-state index < -0.39 is 7.60 Å². The molecule has 0 saturated carbocycles. The largest absolute Gasteiger partial charge is 0.496 e. The third-order valence-electron chi connectivity index (χ3n) is 2.17. The van der Waals surface area contributed by atoms with E-state index in [1.54, 1.807) is 13.8 Å². The molecule has 18 heavy (non-hydrogen) atoms. The van der Waals surface area contributed by atoms with Gasteiger partial charge in [0.15, 0.2) is 0 Å². The molecule has 0 aromatic heterocycles. The number of hydrogen-bond donors (Lipinski definition) is 0. The number of hydrogen-bond acceptors (Lipinski definition) is 4. The standard InChI is InChI=1S/C13H19O4P/c1-4-16-18(14,17-5-2)11-13(15-3)12-9-7-6-8-10-12/h6-11H,4-5H2,1-3H3. The molecule has 0 spiro atoms. The van der Waals surface area contributed by atoms with Crippen LogP contribution in [0.3, 0.4) is 0 Å². The zero-order valence-corrected chi connectivity index (χ0v) is 11.9. The molecular formula is C13H19O4P. The van der Waals surface area contributed by atoms with Gasteiger partial charge in [-0.05, 0) is 13.8 Å². The highest BCUT2D eigenvalue weighted by Gasteiger charge is 2.22. The fraction of sp³-hybridized carbons (Fsp3) is 0.385. The first kappa shape index (κ1) is 15.0. The zero-order chi connectivity index (χ0) is 13.4. The molecule has 1 rings (SSSR count). The molecule has 0 atom stereocenters. The predicted molar refractivity (Wildman–Crippen MR) is 72.3 cm³/mol. The van der Waals surface area contributed by atoms with E-state index in [4.69, 9.17) is 13.8 Å². The first-order chi connectivity index (χ1) is 8.65. The molecule has 4 nitrogen and oxygen atoms in total. The smallest absolute Gasteiger partial charge is 0.357 e. The fourth-order valence-corrected chi connectivity index (χ4v) is 2.95. The molecule has 0 aliphatic carbocycles. The number of methoxy groups -OCH3 is 1. The summed E-state index contributed by atoms with van der Waals surface area (Å²) in [5, 5.41) is 0. The Labute approximate surface area is 108 Å². The maximum atomic E-state index is 12.4. The molecule has 0 fully saturated rings. The highest BCUT2D eigenvalue weighted by Crippen LogP contribution is 2.51. The van der Waals surface area contributed by atoms with Gasteiger partial charge in [-0.25, -0.2) is 0 Å². The summed E-state index contributed by atoms with van der Waals surface area (Å²) in [5.41, 5.74) is 0.833. The van der Waals surface area contributed by atoms with Gasteiger partial charge in [0, 0.05) is 5.56 Å². The minimum atomic E-state index is -3.24. The van der Waals surface area contributed by atoms with E-state index in [9.17, 15) is 4.57 Å². The minimum Gasteiger partial charge on any atom is -0.496 e. The van der Waals surface area contributed by atoms with Crippen LogP contribution in [0.4, 0.5) is 0 Å². The van der Waals surface area contributed by atoms with Gasteiger partial charge in [0.05, 0.1) is 26.1 Å². The van der Waals surface area contributed by atoms with E-state index in [2.05, 4.69) is 0 Å². The summed E-state index contributed by atoms with van der Waals surface area (Å²) in [6.45, 7) is 4.18. The van der Waals surface area contributed by atoms with Gasteiger partial charge >= 0.3 is 7.60 Å². The number of benzene rings is 1. The number of ether oxygens (including phenoxy) is 1. The lowest BCUT2D eigenvalue weighted by Gasteiger charge is -2.15. The molecule has 1 aromatic rings. The molecule has 0 N–H and O–H groups in total. The van der Waals surface area contributed by atoms with Crippen LogP contribution in [0.1, 0.15) is 19.4 Å². The molecule has 0 aliphatic rings. The van der Waals surface area contributed by atoms with Gasteiger partial charge in [-0.3, -0.25) is 4.57 Å². The average Bonchev–Trinajstić information content (AvgIpc) is 2.38. The molecule has 0 bridgehead atoms. The second kappa shape index (κ2) is 7.37. The van der Waals surface area contributed by atoms with Crippen LogP contribution in [0.2, 0.25) is 0 Å². The zero-order valence-electron chi connectivity index (χ0n) is 11.0. The monoisotopic (exact) mass is 270 g/mol. The predicted octanol–water partition coefficient (Wildman–Crippen LogP) is 3.90. The Kier molecular flexibility index (Phi) is 6.13. The van der Waals surface area contributed by atoms with Crippen LogP contribution >= 0.6 is 7.60 Å². The van der Waals surface area contributed by atoms with E-state index in [1.165, 1.54) is 12.9 Å². The van der Waals surface area contributed by atoms with Gasteiger partial charge in [0.2, 0.25) is 0 Å². The Bertz CT molecular complexity index is 418. The van der Waals surface area contributed by atoms with Crippen LogP contribution in [-0.4, -0.2) is 20.3 Å². The topological polar surface area (TPSA) is 44.8 Å². The van der Waals surface area contributed by atoms with Crippen LogP contribution in [-0.2, 0) is 18.3 Å². The number of rotatable bonds is 7. The van der Waals surface area contributed by atoms with E-state index in [-0.39, 0.29) is 0 Å². The van der Waals surface area contributed by atoms with Crippen molar-refractivity contribution in [1.29, 1.82) is 0 Å². The van der Waals surface area contributed by atoms with Gasteiger partial charge in [0.1, 0.15) is 5.76 Å². The van der Waals surface area contributed by atoms with Crippen molar-refractivity contribution in [2.24, 2.45) is 0 Å². The second-order valence-electron chi connectivity index (χ2n) is 3.44. The van der Waals surface area contributed by atoms with Crippen molar-refractivity contribution in [2.75, 3.05) is 20.3 Å². The van der Waals surface area contributed by atoms with E-state index in [0.29, 0.717) is 19.0 Å². The van der Waals surface area contributed by atoms with Gasteiger partial charge in [-0.15, -0.1) is 0 Å². The van der Waals surface area contributed by atoms with Crippen molar-refractivity contribution >= 4 is 13.4 Å². The second-order valence-corrected chi connectivity index (χ2v) is 5.29. The van der Waals surface area contributed by atoms with Crippen LogP contribution in [0, 0.1) is 0 Å². The first-order valence-corrected chi connectivity index (χ1v) is 7.47. The highest BCUT2D eigenvalue weighted by atomic mass is 31.2. The molecule has 0 heterocycles. The molecule has 0 aliphatic heterocycles. The Morgan fingerprint density at radius 3 is 2.17 bits per heavy atom. The van der Waals surface area contributed by atoms with Crippen LogP contribution in [0.5, 0.6) is 0 Å². The minimum absolute atomic E-state index is 0.319. The van der Waals surface area contributed by atoms with Crippen molar-refractivity contribution in [1.82, 2.24) is 0 Å². The van der Waals surface area contributed by atoms with Crippen LogP contribution in [0.15, 0.2) is 36.1 Å². The Balaban J connectivity index is 3.05. The third-order valence-corrected chi connectivity index (χ3v) is 3.96. The molecule has 0 unspecified atom stereocenters. The Hall–Kier alpha value is -1.09. The van der Waals surface area contributed by atoms with E-state index >= 15 is 0 Å². The van der Waals surface area contributed by atoms with Crippen molar-refractivity contribution in [3.05, 3.63) is 41.7 Å². The quantitative estimate of drug-likeness (QED) is 0.557. The van der Waals surface area contributed by atoms with E-state index in [1.807, 2.05) is 30.3 Å². The van der Waals surface area contributed by atoms with Crippen molar-refractivity contribution in [3.8, 4) is 0 Å². The van der Waals surface area contributed by atoms with E-state index in [0.717, 1.165) is 5.56 Å². The molecule has 0 amide bonds. The normalized spacial score (nSPS) is 12.5. The summed E-state index contributed by atoms with van der Waals surface area (Å²) in [6.07, 6.45) is 0. The Morgan fingerprint density at radius 1 is 1.17 bits per heavy atom. The summed E-state index contributed by atoms with van der Waals surface area (Å²) in [4.78, 5) is 0. The lowest BCUT2D eigenvalue weighted by Crippen LogP contribution is -1.95. The van der Waals surface area contributed by atoms with Crippen molar-refractivity contribution in [2.45, 2.75) is 13.8 Å². The van der Waals surface area contributed by atoms with Gasteiger partial charge in [-0.1, -0.05) is 30.3 Å². The summed E-state index contributed by atoms with van der Waals surface area (Å²) < 4.78 is 28.0. The molecule has 5 heteroatoms. The Morgan fingerprint density at radius 2 is 1.72 bits per heavy atom. The fourth-order valence-electron chi connectivity index (χ4n) is 1.46. The maximum Gasteiger partial charge on any atom is 0.357 e. The third kappa shape index (κ3) is 4.30. The highest BCUT2D eigenvalue weighted by molar-refractivity contribution is 7.57. The SMILES string of the molecule is CCOP(=O)(C=C(OC)c1ccccc1)OCC. The maximum absolute atomic E-state index is 12.4. The van der Waals surface area contributed by atoms with Crippen LogP contribution in [0.25, 0.3) is 5.76 Å². The first-order valence-electron chi connectivity index (χ1n) is 5.86. The summed E-state index contributed by atoms with van der Waals surface area (Å²) in [7, 11) is -1.72. The molecule has 100 valence electrons. The average molecular weight is 270 g/mol. The van der Waals surface area contributed by atoms with Crippen molar-refractivity contribution in [3.63, 3.8) is 0 Å². The van der Waals surface area contributed by atoms with Crippen LogP contribution < -0.4 is 0 Å². The summed E-state index contributed by atoms with van der Waals surface area (Å²) >= 11 is 0. The van der Waals surface area contributed by atoms with Gasteiger partial charge in [0.25, 0.3) is 0 Å². The lowest BCUT2D eigenvalue weighted by molar-refractivity contribution is 0.228. The molecule has 0 radical (unpaired) electrons. The van der Waals surface area contributed by atoms with Gasteiger partial charge < -0.3 is 13.8 Å². The van der Waals surface area contributed by atoms with Gasteiger partial charge in [-0.2, -0.15) is 0 Å². The van der Waals surface area contributed by atoms with Crippen molar-refractivity contribution < 1.29 is 18.3 Å². The summed E-state index contributed by atoms with van der Waals surface area (Å²) in [6, 6.07) is 9.42. The summed E-state index contributed by atoms with van der Waals surface area (Å²) in [5.74, 6) is 1.91. The molecule has 1 aromatic carbocycles. The lowest BCUT2D eigenvalue weighted by atomic mass is 10.2. The molecule has 0 saturated heterocycles.